The highest BCUT2D eigenvalue weighted by Gasteiger charge is 2.20. The first-order chi connectivity index (χ1) is 7.50. The quantitative estimate of drug-likeness (QED) is 0.623. The Balaban J connectivity index is 2.84. The summed E-state index contributed by atoms with van der Waals surface area (Å²) in [5.74, 6) is 0. The van der Waals surface area contributed by atoms with Crippen molar-refractivity contribution in [1.82, 2.24) is 0 Å². The molecule has 5 heteroatoms. The largest absolute Gasteiger partial charge is 0.368 e. The Hall–Kier alpha value is -2.09. The summed E-state index contributed by atoms with van der Waals surface area (Å²) in [6, 6.07) is 8.20. The van der Waals surface area contributed by atoms with Gasteiger partial charge in [-0.1, -0.05) is 6.92 Å². The number of nitro groups is 1. The van der Waals surface area contributed by atoms with E-state index in [1.165, 1.54) is 12.1 Å². The van der Waals surface area contributed by atoms with Crippen LogP contribution in [0.4, 0.5) is 11.4 Å². The molecule has 0 unspecified atom stereocenters. The molecule has 1 atom stereocenters. The van der Waals surface area contributed by atoms with Crippen LogP contribution in [0.5, 0.6) is 0 Å². The van der Waals surface area contributed by atoms with Crippen molar-refractivity contribution in [3.8, 4) is 6.07 Å². The SMILES string of the molecule is CC[C@@](C)(C#N)Nc1ccc([N+](=O)[O-])cc1. The Kier molecular flexibility index (Phi) is 3.46. The average molecular weight is 219 g/mol. The minimum absolute atomic E-state index is 0.0423. The minimum atomic E-state index is -0.643. The lowest BCUT2D eigenvalue weighted by molar-refractivity contribution is -0.384. The standard InChI is InChI=1S/C11H13N3O2/c1-3-11(2,8-12)13-9-4-6-10(7-5-9)14(15)16/h4-7,13H,3H2,1-2H3/t11-/m0/s1. The highest BCUT2D eigenvalue weighted by atomic mass is 16.6. The Labute approximate surface area is 93.9 Å². The van der Waals surface area contributed by atoms with E-state index in [9.17, 15) is 10.1 Å². The molecule has 5 nitrogen and oxygen atoms in total. The molecule has 0 aliphatic heterocycles. The van der Waals surface area contributed by atoms with Crippen molar-refractivity contribution < 1.29 is 4.92 Å². The van der Waals surface area contributed by atoms with E-state index in [4.69, 9.17) is 5.26 Å². The molecule has 1 N–H and O–H groups in total. The van der Waals surface area contributed by atoms with E-state index in [1.54, 1.807) is 19.1 Å². The summed E-state index contributed by atoms with van der Waals surface area (Å²) in [6.45, 7) is 3.69. The zero-order valence-electron chi connectivity index (χ0n) is 9.23. The van der Waals surface area contributed by atoms with Crippen molar-refractivity contribution in [2.45, 2.75) is 25.8 Å². The lowest BCUT2D eigenvalue weighted by atomic mass is 10.0. The minimum Gasteiger partial charge on any atom is -0.368 e. The molecule has 16 heavy (non-hydrogen) atoms. The average Bonchev–Trinajstić information content (AvgIpc) is 2.29. The Morgan fingerprint density at radius 2 is 2.06 bits per heavy atom. The molecule has 0 aromatic heterocycles. The van der Waals surface area contributed by atoms with Crippen LogP contribution in [-0.4, -0.2) is 10.5 Å². The van der Waals surface area contributed by atoms with Gasteiger partial charge in [-0.05, 0) is 25.5 Å². The van der Waals surface area contributed by atoms with Crippen LogP contribution in [0.25, 0.3) is 0 Å². The Morgan fingerprint density at radius 3 is 2.44 bits per heavy atom. The second-order valence-electron chi connectivity index (χ2n) is 3.73. The predicted molar refractivity (Wildman–Crippen MR) is 61.0 cm³/mol. The molecule has 0 amide bonds. The summed E-state index contributed by atoms with van der Waals surface area (Å²) >= 11 is 0. The molecule has 0 saturated carbocycles. The molecule has 84 valence electrons. The number of non-ortho nitro benzene ring substituents is 1. The maximum atomic E-state index is 10.4. The monoisotopic (exact) mass is 219 g/mol. The van der Waals surface area contributed by atoms with Crippen molar-refractivity contribution >= 4 is 11.4 Å². The van der Waals surface area contributed by atoms with E-state index in [-0.39, 0.29) is 5.69 Å². The summed E-state index contributed by atoms with van der Waals surface area (Å²) in [5.41, 5.74) is 0.105. The zero-order valence-corrected chi connectivity index (χ0v) is 9.23. The second kappa shape index (κ2) is 4.62. The van der Waals surface area contributed by atoms with Crippen LogP contribution in [0.2, 0.25) is 0 Å². The molecule has 1 aromatic carbocycles. The number of anilines is 1. The summed E-state index contributed by atoms with van der Waals surface area (Å²) in [4.78, 5) is 9.99. The fourth-order valence-corrected chi connectivity index (χ4v) is 1.18. The number of hydrogen-bond donors (Lipinski definition) is 1. The maximum Gasteiger partial charge on any atom is 0.269 e. The number of hydrogen-bond acceptors (Lipinski definition) is 4. The van der Waals surface area contributed by atoms with E-state index < -0.39 is 10.5 Å². The van der Waals surface area contributed by atoms with Gasteiger partial charge in [-0.25, -0.2) is 0 Å². The molecule has 1 rings (SSSR count). The Morgan fingerprint density at radius 1 is 1.50 bits per heavy atom. The molecule has 0 bridgehead atoms. The van der Waals surface area contributed by atoms with Gasteiger partial charge in [0.15, 0.2) is 0 Å². The number of nitrogens with one attached hydrogen (secondary N) is 1. The summed E-state index contributed by atoms with van der Waals surface area (Å²) in [5, 5.41) is 22.4. The summed E-state index contributed by atoms with van der Waals surface area (Å²) in [6.07, 6.45) is 0.653. The topological polar surface area (TPSA) is 79.0 Å². The molecular weight excluding hydrogens is 206 g/mol. The van der Waals surface area contributed by atoms with Crippen molar-refractivity contribution in [2.75, 3.05) is 5.32 Å². The van der Waals surface area contributed by atoms with Gasteiger partial charge >= 0.3 is 0 Å². The van der Waals surface area contributed by atoms with Crippen LogP contribution in [0.15, 0.2) is 24.3 Å². The van der Waals surface area contributed by atoms with Crippen molar-refractivity contribution in [2.24, 2.45) is 0 Å². The van der Waals surface area contributed by atoms with Crippen molar-refractivity contribution in [3.63, 3.8) is 0 Å². The van der Waals surface area contributed by atoms with Crippen LogP contribution in [-0.2, 0) is 0 Å². The van der Waals surface area contributed by atoms with Crippen LogP contribution in [0, 0.1) is 21.4 Å². The third kappa shape index (κ3) is 2.70. The van der Waals surface area contributed by atoms with Gasteiger partial charge in [0.2, 0.25) is 0 Å². The third-order valence-corrected chi connectivity index (χ3v) is 2.45. The third-order valence-electron chi connectivity index (χ3n) is 2.45. The molecule has 0 aliphatic carbocycles. The van der Waals surface area contributed by atoms with E-state index in [0.29, 0.717) is 12.1 Å². The molecule has 0 radical (unpaired) electrons. The number of nitriles is 1. The molecule has 0 fully saturated rings. The number of benzene rings is 1. The summed E-state index contributed by atoms with van der Waals surface area (Å²) in [7, 11) is 0. The molecule has 1 aromatic rings. The van der Waals surface area contributed by atoms with Gasteiger partial charge in [0.25, 0.3) is 5.69 Å². The van der Waals surface area contributed by atoms with Crippen molar-refractivity contribution in [3.05, 3.63) is 34.4 Å². The lowest BCUT2D eigenvalue weighted by Gasteiger charge is -2.22. The van der Waals surface area contributed by atoms with E-state index in [2.05, 4.69) is 11.4 Å². The van der Waals surface area contributed by atoms with Gasteiger partial charge in [-0.2, -0.15) is 5.26 Å². The van der Waals surface area contributed by atoms with Gasteiger partial charge in [0.1, 0.15) is 5.54 Å². The molecule has 0 saturated heterocycles. The maximum absolute atomic E-state index is 10.4. The van der Waals surface area contributed by atoms with Crippen LogP contribution < -0.4 is 5.32 Å². The Bertz CT molecular complexity index is 422. The van der Waals surface area contributed by atoms with Gasteiger partial charge in [0.05, 0.1) is 11.0 Å². The molecular formula is C11H13N3O2. The van der Waals surface area contributed by atoms with Gasteiger partial charge in [-0.3, -0.25) is 10.1 Å². The number of nitrogens with zero attached hydrogens (tertiary/aromatic N) is 2. The highest BCUT2D eigenvalue weighted by Crippen LogP contribution is 2.20. The smallest absolute Gasteiger partial charge is 0.269 e. The first-order valence-corrected chi connectivity index (χ1v) is 4.94. The molecule has 0 aliphatic rings. The van der Waals surface area contributed by atoms with Crippen LogP contribution >= 0.6 is 0 Å². The fourth-order valence-electron chi connectivity index (χ4n) is 1.18. The van der Waals surface area contributed by atoms with E-state index >= 15 is 0 Å². The van der Waals surface area contributed by atoms with E-state index in [1.807, 2.05) is 6.92 Å². The normalized spacial score (nSPS) is 13.6. The molecule has 0 spiro atoms. The van der Waals surface area contributed by atoms with Gasteiger partial charge in [-0.15, -0.1) is 0 Å². The highest BCUT2D eigenvalue weighted by molar-refractivity contribution is 5.51. The number of rotatable bonds is 4. The summed E-state index contributed by atoms with van der Waals surface area (Å²) < 4.78 is 0. The van der Waals surface area contributed by atoms with Crippen LogP contribution in [0.1, 0.15) is 20.3 Å². The predicted octanol–water partition coefficient (Wildman–Crippen LogP) is 2.70. The zero-order chi connectivity index (χ0) is 12.2. The van der Waals surface area contributed by atoms with E-state index in [0.717, 1.165) is 0 Å². The fraction of sp³-hybridized carbons (Fsp3) is 0.364. The second-order valence-corrected chi connectivity index (χ2v) is 3.73. The van der Waals surface area contributed by atoms with Gasteiger partial charge < -0.3 is 5.32 Å². The van der Waals surface area contributed by atoms with Crippen LogP contribution in [0.3, 0.4) is 0 Å². The van der Waals surface area contributed by atoms with Gasteiger partial charge in [0, 0.05) is 17.8 Å². The number of nitro benzene ring substituents is 1. The first kappa shape index (κ1) is 12.0. The lowest BCUT2D eigenvalue weighted by Crippen LogP contribution is -2.31. The molecule has 0 heterocycles. The first-order valence-electron chi connectivity index (χ1n) is 4.94. The van der Waals surface area contributed by atoms with Crippen molar-refractivity contribution in [1.29, 1.82) is 5.26 Å².